The zero-order chi connectivity index (χ0) is 13.5. The van der Waals surface area contributed by atoms with Crippen molar-refractivity contribution in [2.75, 3.05) is 13.7 Å². The fourth-order valence-corrected chi connectivity index (χ4v) is 1.42. The SMILES string of the molecule is CCCOc1ccc(C=C(C)C(=O)O)cc1OC. The van der Waals surface area contributed by atoms with Gasteiger partial charge in [-0.2, -0.15) is 0 Å². The summed E-state index contributed by atoms with van der Waals surface area (Å²) in [5.74, 6) is 0.347. The summed E-state index contributed by atoms with van der Waals surface area (Å²) in [5, 5.41) is 8.82. The molecule has 0 aromatic heterocycles. The second-order valence-corrected chi connectivity index (χ2v) is 3.89. The van der Waals surface area contributed by atoms with Crippen molar-refractivity contribution in [1.82, 2.24) is 0 Å². The number of aliphatic carboxylic acids is 1. The van der Waals surface area contributed by atoms with E-state index in [4.69, 9.17) is 14.6 Å². The van der Waals surface area contributed by atoms with Gasteiger partial charge in [0.25, 0.3) is 0 Å². The number of carboxylic acid groups (broad SMARTS) is 1. The lowest BCUT2D eigenvalue weighted by Gasteiger charge is -2.10. The molecule has 0 spiro atoms. The molecule has 0 amide bonds. The summed E-state index contributed by atoms with van der Waals surface area (Å²) in [7, 11) is 1.56. The third-order valence-electron chi connectivity index (χ3n) is 2.37. The minimum absolute atomic E-state index is 0.277. The molecule has 18 heavy (non-hydrogen) atoms. The molecule has 0 aliphatic rings. The van der Waals surface area contributed by atoms with Crippen LogP contribution in [0.5, 0.6) is 11.5 Å². The van der Waals surface area contributed by atoms with Gasteiger partial charge in [0, 0.05) is 5.57 Å². The Hall–Kier alpha value is -1.97. The Morgan fingerprint density at radius 3 is 2.67 bits per heavy atom. The van der Waals surface area contributed by atoms with Crippen LogP contribution < -0.4 is 9.47 Å². The summed E-state index contributed by atoms with van der Waals surface area (Å²) in [6.45, 7) is 4.20. The minimum atomic E-state index is -0.930. The van der Waals surface area contributed by atoms with Gasteiger partial charge in [0.2, 0.25) is 0 Å². The fraction of sp³-hybridized carbons (Fsp3) is 0.357. The Balaban J connectivity index is 2.98. The first-order valence-electron chi connectivity index (χ1n) is 5.81. The highest BCUT2D eigenvalue weighted by molar-refractivity contribution is 5.91. The maximum Gasteiger partial charge on any atom is 0.331 e. The lowest BCUT2D eigenvalue weighted by molar-refractivity contribution is -0.132. The van der Waals surface area contributed by atoms with E-state index in [1.807, 2.05) is 6.92 Å². The molecule has 1 aromatic carbocycles. The maximum absolute atomic E-state index is 10.7. The largest absolute Gasteiger partial charge is 0.493 e. The van der Waals surface area contributed by atoms with Crippen LogP contribution in [0.25, 0.3) is 6.08 Å². The molecule has 0 saturated carbocycles. The summed E-state index contributed by atoms with van der Waals surface area (Å²) in [6.07, 6.45) is 2.51. The van der Waals surface area contributed by atoms with Crippen LogP contribution in [0.3, 0.4) is 0 Å². The van der Waals surface area contributed by atoms with Crippen molar-refractivity contribution in [2.24, 2.45) is 0 Å². The molecule has 0 bridgehead atoms. The molecule has 1 aromatic rings. The highest BCUT2D eigenvalue weighted by Crippen LogP contribution is 2.29. The van der Waals surface area contributed by atoms with E-state index >= 15 is 0 Å². The Bertz CT molecular complexity index is 449. The number of ether oxygens (including phenoxy) is 2. The molecule has 98 valence electrons. The zero-order valence-corrected chi connectivity index (χ0v) is 10.9. The predicted octanol–water partition coefficient (Wildman–Crippen LogP) is 2.97. The quantitative estimate of drug-likeness (QED) is 0.788. The van der Waals surface area contributed by atoms with Crippen LogP contribution in [0, 0.1) is 0 Å². The number of benzene rings is 1. The Morgan fingerprint density at radius 2 is 2.11 bits per heavy atom. The van der Waals surface area contributed by atoms with Gasteiger partial charge in [-0.1, -0.05) is 13.0 Å². The number of methoxy groups -OCH3 is 1. The van der Waals surface area contributed by atoms with Crippen molar-refractivity contribution in [1.29, 1.82) is 0 Å². The molecule has 0 aliphatic carbocycles. The van der Waals surface area contributed by atoms with Crippen LogP contribution in [-0.2, 0) is 4.79 Å². The van der Waals surface area contributed by atoms with E-state index in [2.05, 4.69) is 0 Å². The van der Waals surface area contributed by atoms with E-state index in [0.717, 1.165) is 12.0 Å². The highest BCUT2D eigenvalue weighted by atomic mass is 16.5. The van der Waals surface area contributed by atoms with E-state index < -0.39 is 5.97 Å². The van der Waals surface area contributed by atoms with Crippen LogP contribution in [0.4, 0.5) is 0 Å². The number of rotatable bonds is 6. The van der Waals surface area contributed by atoms with Gasteiger partial charge in [-0.3, -0.25) is 0 Å². The lowest BCUT2D eigenvalue weighted by atomic mass is 10.1. The fourth-order valence-electron chi connectivity index (χ4n) is 1.42. The lowest BCUT2D eigenvalue weighted by Crippen LogP contribution is -1.98. The number of carboxylic acids is 1. The predicted molar refractivity (Wildman–Crippen MR) is 70.1 cm³/mol. The first-order chi connectivity index (χ1) is 8.58. The molecule has 1 N–H and O–H groups in total. The van der Waals surface area contributed by atoms with Gasteiger partial charge in [0.15, 0.2) is 11.5 Å². The van der Waals surface area contributed by atoms with E-state index in [-0.39, 0.29) is 5.57 Å². The monoisotopic (exact) mass is 250 g/mol. The molecule has 0 fully saturated rings. The Labute approximate surface area is 107 Å². The molecule has 0 atom stereocenters. The van der Waals surface area contributed by atoms with Crippen LogP contribution in [0.15, 0.2) is 23.8 Å². The molecule has 0 saturated heterocycles. The van der Waals surface area contributed by atoms with Crippen molar-refractivity contribution in [3.05, 3.63) is 29.3 Å². The second kappa shape index (κ2) is 6.69. The average Bonchev–Trinajstić information content (AvgIpc) is 2.36. The van der Waals surface area contributed by atoms with E-state index in [0.29, 0.717) is 18.1 Å². The third-order valence-corrected chi connectivity index (χ3v) is 2.37. The molecule has 1 rings (SSSR count). The summed E-state index contributed by atoms with van der Waals surface area (Å²) in [5.41, 5.74) is 1.05. The molecule has 4 nitrogen and oxygen atoms in total. The van der Waals surface area contributed by atoms with Gasteiger partial charge >= 0.3 is 5.97 Å². The van der Waals surface area contributed by atoms with Gasteiger partial charge in [-0.05, 0) is 37.1 Å². The third kappa shape index (κ3) is 3.80. The topological polar surface area (TPSA) is 55.8 Å². The van der Waals surface area contributed by atoms with Crippen molar-refractivity contribution in [2.45, 2.75) is 20.3 Å². The van der Waals surface area contributed by atoms with Crippen molar-refractivity contribution in [3.63, 3.8) is 0 Å². The maximum atomic E-state index is 10.7. The first kappa shape index (κ1) is 14.1. The van der Waals surface area contributed by atoms with Crippen LogP contribution in [-0.4, -0.2) is 24.8 Å². The highest BCUT2D eigenvalue weighted by Gasteiger charge is 2.06. The molecule has 0 unspecified atom stereocenters. The van der Waals surface area contributed by atoms with Crippen molar-refractivity contribution in [3.8, 4) is 11.5 Å². The summed E-state index contributed by atoms with van der Waals surface area (Å²) >= 11 is 0. The van der Waals surface area contributed by atoms with Gasteiger partial charge in [-0.25, -0.2) is 4.79 Å². The van der Waals surface area contributed by atoms with E-state index in [1.165, 1.54) is 0 Å². The number of hydrogen-bond acceptors (Lipinski definition) is 3. The van der Waals surface area contributed by atoms with Crippen LogP contribution in [0.1, 0.15) is 25.8 Å². The molecule has 0 aliphatic heterocycles. The van der Waals surface area contributed by atoms with Gasteiger partial charge < -0.3 is 14.6 Å². The Kier molecular flexibility index (Phi) is 5.24. The normalized spacial score (nSPS) is 11.2. The van der Waals surface area contributed by atoms with Crippen molar-refractivity contribution < 1.29 is 19.4 Å². The van der Waals surface area contributed by atoms with Gasteiger partial charge in [0.1, 0.15) is 0 Å². The zero-order valence-electron chi connectivity index (χ0n) is 10.9. The summed E-state index contributed by atoms with van der Waals surface area (Å²) < 4.78 is 10.7. The molecular weight excluding hydrogens is 232 g/mol. The average molecular weight is 250 g/mol. The molecule has 0 radical (unpaired) electrons. The first-order valence-corrected chi connectivity index (χ1v) is 5.81. The van der Waals surface area contributed by atoms with E-state index in [1.54, 1.807) is 38.3 Å². The van der Waals surface area contributed by atoms with Crippen LogP contribution in [0.2, 0.25) is 0 Å². The van der Waals surface area contributed by atoms with E-state index in [9.17, 15) is 4.79 Å². The molecule has 0 heterocycles. The number of carbonyl (C=O) groups is 1. The summed E-state index contributed by atoms with van der Waals surface area (Å²) in [4.78, 5) is 10.7. The molecule has 4 heteroatoms. The minimum Gasteiger partial charge on any atom is -0.493 e. The Morgan fingerprint density at radius 1 is 1.39 bits per heavy atom. The van der Waals surface area contributed by atoms with Crippen LogP contribution >= 0.6 is 0 Å². The molecular formula is C14H18O4. The smallest absolute Gasteiger partial charge is 0.331 e. The van der Waals surface area contributed by atoms with Crippen molar-refractivity contribution >= 4 is 12.0 Å². The standard InChI is InChI=1S/C14H18O4/c1-4-7-18-12-6-5-11(9-13(12)17-3)8-10(2)14(15)16/h5-6,8-9H,4,7H2,1-3H3,(H,15,16). The second-order valence-electron chi connectivity index (χ2n) is 3.89. The van der Waals surface area contributed by atoms with Gasteiger partial charge in [0.05, 0.1) is 13.7 Å². The van der Waals surface area contributed by atoms with Gasteiger partial charge in [-0.15, -0.1) is 0 Å². The number of hydrogen-bond donors (Lipinski definition) is 1. The summed E-state index contributed by atoms with van der Waals surface area (Å²) in [6, 6.07) is 5.35.